The van der Waals surface area contributed by atoms with E-state index in [1.54, 1.807) is 60.9 Å². The van der Waals surface area contributed by atoms with Crippen LogP contribution in [0.1, 0.15) is 11.1 Å². The van der Waals surface area contributed by atoms with E-state index >= 15 is 0 Å². The topological polar surface area (TPSA) is 97.1 Å². The van der Waals surface area contributed by atoms with Gasteiger partial charge in [0.15, 0.2) is 6.61 Å². The molecule has 0 radical (unpaired) electrons. The summed E-state index contributed by atoms with van der Waals surface area (Å²) in [5.74, 6) is 0.611. The molecule has 7 nitrogen and oxygen atoms in total. The second-order valence-electron chi connectivity index (χ2n) is 5.55. The largest absolute Gasteiger partial charge is 0.482 e. The number of nitrogens with one attached hydrogen (secondary N) is 1. The number of hydrogen-bond acceptors (Lipinski definition) is 6. The molecular formula is C20H16N4O3. The number of anilines is 1. The van der Waals surface area contributed by atoms with Crippen LogP contribution in [0.15, 0.2) is 60.9 Å². The van der Waals surface area contributed by atoms with E-state index in [9.17, 15) is 4.79 Å². The average molecular weight is 360 g/mol. The maximum atomic E-state index is 12.1. The van der Waals surface area contributed by atoms with E-state index in [4.69, 9.17) is 14.7 Å². The van der Waals surface area contributed by atoms with Gasteiger partial charge in [0.1, 0.15) is 17.6 Å². The van der Waals surface area contributed by atoms with Crippen LogP contribution in [-0.2, 0) is 4.79 Å². The molecule has 0 aliphatic heterocycles. The normalized spacial score (nSPS) is 9.93. The van der Waals surface area contributed by atoms with Gasteiger partial charge in [-0.25, -0.2) is 9.97 Å². The van der Waals surface area contributed by atoms with Gasteiger partial charge < -0.3 is 14.8 Å². The zero-order chi connectivity index (χ0) is 19.1. The first-order valence-corrected chi connectivity index (χ1v) is 8.13. The summed E-state index contributed by atoms with van der Waals surface area (Å²) in [5, 5.41) is 11.8. The number of rotatable bonds is 6. The summed E-state index contributed by atoms with van der Waals surface area (Å²) in [7, 11) is 0. The minimum Gasteiger partial charge on any atom is -0.482 e. The zero-order valence-corrected chi connectivity index (χ0v) is 14.5. The van der Waals surface area contributed by atoms with Crippen LogP contribution >= 0.6 is 0 Å². The monoisotopic (exact) mass is 360 g/mol. The van der Waals surface area contributed by atoms with Crippen molar-refractivity contribution in [3.05, 3.63) is 72.1 Å². The summed E-state index contributed by atoms with van der Waals surface area (Å²) < 4.78 is 11.0. The van der Waals surface area contributed by atoms with Crippen LogP contribution in [0.2, 0.25) is 0 Å². The van der Waals surface area contributed by atoms with Gasteiger partial charge in [-0.2, -0.15) is 5.26 Å². The van der Waals surface area contributed by atoms with Crippen LogP contribution in [0.25, 0.3) is 0 Å². The predicted octanol–water partition coefficient (Wildman–Crippen LogP) is 3.47. The smallest absolute Gasteiger partial charge is 0.321 e. The van der Waals surface area contributed by atoms with E-state index < -0.39 is 0 Å². The molecule has 1 aromatic heterocycles. The van der Waals surface area contributed by atoms with E-state index in [0.29, 0.717) is 22.7 Å². The maximum Gasteiger partial charge on any atom is 0.321 e. The van der Waals surface area contributed by atoms with E-state index in [-0.39, 0.29) is 18.5 Å². The number of nitriles is 1. The first kappa shape index (κ1) is 17.9. The second kappa shape index (κ2) is 8.45. The molecule has 134 valence electrons. The van der Waals surface area contributed by atoms with Gasteiger partial charge in [0, 0.05) is 18.1 Å². The van der Waals surface area contributed by atoms with E-state index in [0.717, 1.165) is 5.56 Å². The van der Waals surface area contributed by atoms with Crippen molar-refractivity contribution in [3.63, 3.8) is 0 Å². The highest BCUT2D eigenvalue weighted by atomic mass is 16.5. The van der Waals surface area contributed by atoms with Crippen LogP contribution < -0.4 is 14.8 Å². The molecular weight excluding hydrogens is 344 g/mol. The van der Waals surface area contributed by atoms with Gasteiger partial charge in [0.2, 0.25) is 0 Å². The number of carbonyl (C=O) groups is 1. The molecule has 0 spiro atoms. The van der Waals surface area contributed by atoms with Gasteiger partial charge in [0.05, 0.1) is 5.56 Å². The Kier molecular flexibility index (Phi) is 5.60. The molecule has 2 aromatic carbocycles. The number of benzene rings is 2. The molecule has 3 aromatic rings. The van der Waals surface area contributed by atoms with Gasteiger partial charge in [0.25, 0.3) is 5.91 Å². The summed E-state index contributed by atoms with van der Waals surface area (Å²) in [5.41, 5.74) is 1.83. The molecule has 0 fully saturated rings. The lowest BCUT2D eigenvalue weighted by atomic mass is 10.2. The fraction of sp³-hybridized carbons (Fsp3) is 0.100. The average Bonchev–Trinajstić information content (AvgIpc) is 2.69. The lowest BCUT2D eigenvalue weighted by Gasteiger charge is -2.11. The third-order valence-electron chi connectivity index (χ3n) is 3.59. The fourth-order valence-corrected chi connectivity index (χ4v) is 2.30. The maximum absolute atomic E-state index is 12.1. The number of carbonyl (C=O) groups excluding carboxylic acids is 1. The summed E-state index contributed by atoms with van der Waals surface area (Å²) >= 11 is 0. The van der Waals surface area contributed by atoms with Crippen molar-refractivity contribution >= 4 is 11.6 Å². The number of nitrogens with zero attached hydrogens (tertiary/aromatic N) is 3. The molecule has 3 rings (SSSR count). The Hall–Kier alpha value is -3.92. The number of para-hydroxylation sites is 1. The minimum absolute atomic E-state index is 0.200. The number of amides is 1. The van der Waals surface area contributed by atoms with Crippen molar-refractivity contribution in [2.24, 2.45) is 0 Å². The highest BCUT2D eigenvalue weighted by molar-refractivity contribution is 5.92. The Labute approximate surface area is 156 Å². The Bertz CT molecular complexity index is 984. The van der Waals surface area contributed by atoms with Crippen molar-refractivity contribution in [2.75, 3.05) is 11.9 Å². The summed E-state index contributed by atoms with van der Waals surface area (Å²) in [4.78, 5) is 20.1. The highest BCUT2D eigenvalue weighted by Crippen LogP contribution is 2.24. The summed E-state index contributed by atoms with van der Waals surface area (Å²) in [6.07, 6.45) is 3.18. The molecule has 0 saturated carbocycles. The lowest BCUT2D eigenvalue weighted by Crippen LogP contribution is -2.20. The van der Waals surface area contributed by atoms with Crippen LogP contribution in [0.3, 0.4) is 0 Å². The SMILES string of the molecule is Cc1cc(Oc2ncccn2)ccc1NC(=O)COc1ccccc1C#N. The van der Waals surface area contributed by atoms with Gasteiger partial charge >= 0.3 is 6.01 Å². The molecule has 1 amide bonds. The Morgan fingerprint density at radius 3 is 2.67 bits per heavy atom. The second-order valence-corrected chi connectivity index (χ2v) is 5.55. The molecule has 0 unspecified atom stereocenters. The van der Waals surface area contributed by atoms with Gasteiger partial charge in [-0.15, -0.1) is 0 Å². The van der Waals surface area contributed by atoms with Crippen molar-refractivity contribution in [1.82, 2.24) is 9.97 Å². The van der Waals surface area contributed by atoms with Crippen LogP contribution in [0.4, 0.5) is 5.69 Å². The number of ether oxygens (including phenoxy) is 2. The molecule has 27 heavy (non-hydrogen) atoms. The standard InChI is InChI=1S/C20H16N4O3/c1-14-11-16(27-20-22-9-4-10-23-20)7-8-17(14)24-19(25)13-26-18-6-3-2-5-15(18)12-21/h2-11H,13H2,1H3,(H,24,25). The lowest BCUT2D eigenvalue weighted by molar-refractivity contribution is -0.118. The molecule has 0 atom stereocenters. The minimum atomic E-state index is -0.328. The molecule has 7 heteroatoms. The number of hydrogen-bond donors (Lipinski definition) is 1. The predicted molar refractivity (Wildman–Crippen MR) is 98.6 cm³/mol. The van der Waals surface area contributed by atoms with E-state index in [1.165, 1.54) is 0 Å². The first-order chi connectivity index (χ1) is 13.2. The zero-order valence-electron chi connectivity index (χ0n) is 14.5. The third-order valence-corrected chi connectivity index (χ3v) is 3.59. The molecule has 0 bridgehead atoms. The van der Waals surface area contributed by atoms with Gasteiger partial charge in [-0.1, -0.05) is 12.1 Å². The molecule has 1 heterocycles. The Morgan fingerprint density at radius 2 is 1.93 bits per heavy atom. The third kappa shape index (κ3) is 4.80. The van der Waals surface area contributed by atoms with Gasteiger partial charge in [-0.3, -0.25) is 4.79 Å². The molecule has 1 N–H and O–H groups in total. The summed E-state index contributed by atoms with van der Waals surface area (Å²) in [6, 6.07) is 16.0. The van der Waals surface area contributed by atoms with Crippen LogP contribution in [0.5, 0.6) is 17.5 Å². The summed E-state index contributed by atoms with van der Waals surface area (Å²) in [6.45, 7) is 1.65. The van der Waals surface area contributed by atoms with Crippen LogP contribution in [0, 0.1) is 18.3 Å². The Morgan fingerprint density at radius 1 is 1.15 bits per heavy atom. The first-order valence-electron chi connectivity index (χ1n) is 8.13. The molecule has 0 aliphatic rings. The fourth-order valence-electron chi connectivity index (χ4n) is 2.30. The van der Waals surface area contributed by atoms with Crippen molar-refractivity contribution in [3.8, 4) is 23.6 Å². The molecule has 0 aliphatic carbocycles. The number of aryl methyl sites for hydroxylation is 1. The highest BCUT2D eigenvalue weighted by Gasteiger charge is 2.09. The number of aromatic nitrogens is 2. The molecule has 0 saturated heterocycles. The van der Waals surface area contributed by atoms with E-state index in [2.05, 4.69) is 15.3 Å². The Balaban J connectivity index is 1.60. The van der Waals surface area contributed by atoms with Crippen molar-refractivity contribution in [1.29, 1.82) is 5.26 Å². The van der Waals surface area contributed by atoms with Crippen molar-refractivity contribution < 1.29 is 14.3 Å². The van der Waals surface area contributed by atoms with Crippen LogP contribution in [-0.4, -0.2) is 22.5 Å². The van der Waals surface area contributed by atoms with Crippen molar-refractivity contribution in [2.45, 2.75) is 6.92 Å². The van der Waals surface area contributed by atoms with Gasteiger partial charge in [-0.05, 0) is 48.9 Å². The quantitative estimate of drug-likeness (QED) is 0.723. The van der Waals surface area contributed by atoms with E-state index in [1.807, 2.05) is 13.0 Å².